The van der Waals surface area contributed by atoms with E-state index >= 15 is 0 Å². The predicted molar refractivity (Wildman–Crippen MR) is 105 cm³/mol. The Bertz CT molecular complexity index is 774. The number of carbonyl (C=O) groups is 1. The Morgan fingerprint density at radius 3 is 2.27 bits per heavy atom. The molecule has 5 nitrogen and oxygen atoms in total. The SMILES string of the molecule is Cc1nn(C)c(Cl)c1C(=O)N1CCN(Cc2ccc(C(C)C)cc2)CC1. The fourth-order valence-corrected chi connectivity index (χ4v) is 3.66. The molecule has 0 N–H and O–H groups in total. The van der Waals surface area contributed by atoms with Crippen molar-refractivity contribution in [2.75, 3.05) is 26.2 Å². The zero-order valence-electron chi connectivity index (χ0n) is 16.0. The van der Waals surface area contributed by atoms with E-state index in [1.54, 1.807) is 11.7 Å². The molecule has 1 saturated heterocycles. The summed E-state index contributed by atoms with van der Waals surface area (Å²) in [4.78, 5) is 17.1. The van der Waals surface area contributed by atoms with Crippen molar-refractivity contribution in [2.24, 2.45) is 7.05 Å². The third-order valence-corrected chi connectivity index (χ3v) is 5.51. The lowest BCUT2D eigenvalue weighted by Gasteiger charge is -2.34. The van der Waals surface area contributed by atoms with Gasteiger partial charge in [0.15, 0.2) is 0 Å². The second-order valence-electron chi connectivity index (χ2n) is 7.34. The average molecular weight is 375 g/mol. The summed E-state index contributed by atoms with van der Waals surface area (Å²) in [5.74, 6) is 0.544. The number of rotatable bonds is 4. The van der Waals surface area contributed by atoms with Crippen LogP contribution in [0.15, 0.2) is 24.3 Å². The van der Waals surface area contributed by atoms with Crippen molar-refractivity contribution in [3.8, 4) is 0 Å². The van der Waals surface area contributed by atoms with Crippen LogP contribution in [-0.2, 0) is 13.6 Å². The number of aryl methyl sites for hydroxylation is 2. The van der Waals surface area contributed by atoms with Crippen molar-refractivity contribution < 1.29 is 4.79 Å². The molecule has 2 heterocycles. The summed E-state index contributed by atoms with van der Waals surface area (Å²) in [6, 6.07) is 8.86. The fourth-order valence-electron chi connectivity index (χ4n) is 3.41. The molecule has 0 bridgehead atoms. The van der Waals surface area contributed by atoms with Crippen LogP contribution in [0.3, 0.4) is 0 Å². The molecule has 6 heteroatoms. The summed E-state index contributed by atoms with van der Waals surface area (Å²) in [5.41, 5.74) is 3.91. The van der Waals surface area contributed by atoms with E-state index in [9.17, 15) is 4.79 Å². The average Bonchev–Trinajstić information content (AvgIpc) is 2.87. The van der Waals surface area contributed by atoms with Gasteiger partial charge in [-0.15, -0.1) is 0 Å². The standard InChI is InChI=1S/C20H27ClN4O/c1-14(2)17-7-5-16(6-8-17)13-24-9-11-25(12-10-24)20(26)18-15(3)22-23(4)19(18)21/h5-8,14H,9-13H2,1-4H3. The lowest BCUT2D eigenvalue weighted by Crippen LogP contribution is -2.48. The number of nitrogens with zero attached hydrogens (tertiary/aromatic N) is 4. The van der Waals surface area contributed by atoms with E-state index in [2.05, 4.69) is 48.1 Å². The van der Waals surface area contributed by atoms with Crippen molar-refractivity contribution in [2.45, 2.75) is 33.2 Å². The molecule has 1 aliphatic heterocycles. The normalized spacial score (nSPS) is 15.7. The Morgan fingerprint density at radius 2 is 1.77 bits per heavy atom. The molecule has 0 aliphatic carbocycles. The predicted octanol–water partition coefficient (Wildman–Crippen LogP) is 3.46. The minimum atomic E-state index is -0.0125. The van der Waals surface area contributed by atoms with Gasteiger partial charge in [0.05, 0.1) is 11.3 Å². The monoisotopic (exact) mass is 374 g/mol. The first-order valence-electron chi connectivity index (χ1n) is 9.16. The van der Waals surface area contributed by atoms with E-state index in [0.717, 1.165) is 19.6 Å². The number of halogens is 1. The van der Waals surface area contributed by atoms with Gasteiger partial charge in [0.1, 0.15) is 5.15 Å². The van der Waals surface area contributed by atoms with Crippen LogP contribution >= 0.6 is 11.6 Å². The maximum Gasteiger partial charge on any atom is 0.258 e. The highest BCUT2D eigenvalue weighted by Crippen LogP contribution is 2.22. The fraction of sp³-hybridized carbons (Fsp3) is 0.500. The van der Waals surface area contributed by atoms with E-state index in [4.69, 9.17) is 11.6 Å². The topological polar surface area (TPSA) is 41.4 Å². The molecular weight excluding hydrogens is 348 g/mol. The molecule has 1 amide bonds. The number of benzene rings is 1. The van der Waals surface area contributed by atoms with Crippen LogP contribution in [0.4, 0.5) is 0 Å². The second kappa shape index (κ2) is 7.80. The Kier molecular flexibility index (Phi) is 5.68. The molecule has 0 atom stereocenters. The van der Waals surface area contributed by atoms with Crippen LogP contribution in [0, 0.1) is 6.92 Å². The molecule has 0 radical (unpaired) electrons. The molecule has 1 fully saturated rings. The van der Waals surface area contributed by atoms with Gasteiger partial charge in [0.2, 0.25) is 0 Å². The Morgan fingerprint density at radius 1 is 1.15 bits per heavy atom. The maximum atomic E-state index is 12.8. The van der Waals surface area contributed by atoms with Crippen molar-refractivity contribution in [3.05, 3.63) is 51.8 Å². The van der Waals surface area contributed by atoms with Crippen molar-refractivity contribution in [3.63, 3.8) is 0 Å². The largest absolute Gasteiger partial charge is 0.336 e. The summed E-state index contributed by atoms with van der Waals surface area (Å²) in [5, 5.41) is 4.66. The van der Waals surface area contributed by atoms with Crippen LogP contribution < -0.4 is 0 Å². The molecule has 3 rings (SSSR count). The third kappa shape index (κ3) is 3.94. The highest BCUT2D eigenvalue weighted by atomic mass is 35.5. The third-order valence-electron chi connectivity index (χ3n) is 5.08. The van der Waals surface area contributed by atoms with Crippen molar-refractivity contribution in [1.82, 2.24) is 19.6 Å². The van der Waals surface area contributed by atoms with E-state index in [1.165, 1.54) is 11.1 Å². The minimum absolute atomic E-state index is 0.0125. The molecule has 2 aromatic rings. The van der Waals surface area contributed by atoms with Crippen molar-refractivity contribution in [1.29, 1.82) is 0 Å². The van der Waals surface area contributed by atoms with Gasteiger partial charge in [-0.05, 0) is 24.0 Å². The van der Waals surface area contributed by atoms with E-state index in [-0.39, 0.29) is 5.91 Å². The van der Waals surface area contributed by atoms with Gasteiger partial charge in [0.25, 0.3) is 5.91 Å². The lowest BCUT2D eigenvalue weighted by atomic mass is 10.0. The molecule has 140 valence electrons. The highest BCUT2D eigenvalue weighted by molar-refractivity contribution is 6.33. The van der Waals surface area contributed by atoms with Crippen LogP contribution in [-0.4, -0.2) is 51.7 Å². The Hall–Kier alpha value is -1.85. The maximum absolute atomic E-state index is 12.8. The number of amides is 1. The first-order valence-corrected chi connectivity index (χ1v) is 9.54. The van der Waals surface area contributed by atoms with Crippen molar-refractivity contribution >= 4 is 17.5 Å². The number of hydrogen-bond donors (Lipinski definition) is 0. The Labute approximate surface area is 160 Å². The van der Waals surface area contributed by atoms with E-state index in [0.29, 0.717) is 35.4 Å². The van der Waals surface area contributed by atoms with Crippen LogP contribution in [0.1, 0.15) is 46.9 Å². The lowest BCUT2D eigenvalue weighted by molar-refractivity contribution is 0.0628. The number of carbonyl (C=O) groups excluding carboxylic acids is 1. The first-order chi connectivity index (χ1) is 12.4. The summed E-state index contributed by atoms with van der Waals surface area (Å²) in [6.07, 6.45) is 0. The Balaban J connectivity index is 1.58. The van der Waals surface area contributed by atoms with Gasteiger partial charge >= 0.3 is 0 Å². The smallest absolute Gasteiger partial charge is 0.258 e. The summed E-state index contributed by atoms with van der Waals surface area (Å²) >= 11 is 6.24. The van der Waals surface area contributed by atoms with Crippen LogP contribution in [0.5, 0.6) is 0 Å². The molecule has 1 aromatic heterocycles. The molecular formula is C20H27ClN4O. The summed E-state index contributed by atoms with van der Waals surface area (Å²) < 4.78 is 1.56. The van der Waals surface area contributed by atoms with Crippen LogP contribution in [0.25, 0.3) is 0 Å². The number of piperazine rings is 1. The molecule has 0 saturated carbocycles. The molecule has 0 unspecified atom stereocenters. The summed E-state index contributed by atoms with van der Waals surface area (Å²) in [6.45, 7) is 10.3. The summed E-state index contributed by atoms with van der Waals surface area (Å²) in [7, 11) is 1.76. The van der Waals surface area contributed by atoms with Gasteiger partial charge in [-0.1, -0.05) is 49.7 Å². The molecule has 1 aliphatic rings. The zero-order valence-corrected chi connectivity index (χ0v) is 16.8. The van der Waals surface area contributed by atoms with Gasteiger partial charge < -0.3 is 4.90 Å². The van der Waals surface area contributed by atoms with Gasteiger partial charge in [-0.3, -0.25) is 14.4 Å². The van der Waals surface area contributed by atoms with Gasteiger partial charge in [-0.25, -0.2) is 0 Å². The molecule has 0 spiro atoms. The highest BCUT2D eigenvalue weighted by Gasteiger charge is 2.27. The minimum Gasteiger partial charge on any atom is -0.336 e. The molecule has 1 aromatic carbocycles. The number of aromatic nitrogens is 2. The molecule has 26 heavy (non-hydrogen) atoms. The van der Waals surface area contributed by atoms with Gasteiger partial charge in [-0.2, -0.15) is 5.10 Å². The van der Waals surface area contributed by atoms with Crippen LogP contribution in [0.2, 0.25) is 5.15 Å². The second-order valence-corrected chi connectivity index (χ2v) is 7.70. The number of hydrogen-bond acceptors (Lipinski definition) is 3. The van der Waals surface area contributed by atoms with E-state index in [1.807, 2.05) is 11.8 Å². The van der Waals surface area contributed by atoms with Gasteiger partial charge in [0, 0.05) is 39.8 Å². The zero-order chi connectivity index (χ0) is 18.8. The van der Waals surface area contributed by atoms with E-state index < -0.39 is 0 Å². The quantitative estimate of drug-likeness (QED) is 0.822. The first kappa shape index (κ1) is 18.9.